The molecule has 5 rings (SSSR count). The molecule has 0 bridgehead atoms. The lowest BCUT2D eigenvalue weighted by Crippen LogP contribution is -2.38. The molecule has 1 aliphatic heterocycles. The van der Waals surface area contributed by atoms with Crippen LogP contribution in [-0.4, -0.2) is 46.3 Å². The van der Waals surface area contributed by atoms with E-state index in [1.807, 2.05) is 23.5 Å². The number of aromatic nitrogens is 3. The number of anilines is 1. The number of imidazole rings is 1. The number of alkyl halides is 3. The van der Waals surface area contributed by atoms with E-state index < -0.39 is 18.1 Å². The summed E-state index contributed by atoms with van der Waals surface area (Å²) < 4.78 is 47.6. The quantitative estimate of drug-likeness (QED) is 0.612. The minimum Gasteiger partial charge on any atom is -0.493 e. The number of fused-ring (bicyclic) bond motifs is 1. The molecule has 3 aromatic rings. The first-order valence-corrected chi connectivity index (χ1v) is 10.6. The molecule has 0 radical (unpaired) electrons. The van der Waals surface area contributed by atoms with Crippen molar-refractivity contribution in [3.8, 4) is 17.1 Å². The zero-order valence-electron chi connectivity index (χ0n) is 17.1. The van der Waals surface area contributed by atoms with Gasteiger partial charge in [0, 0.05) is 30.9 Å². The average molecular weight is 431 g/mol. The van der Waals surface area contributed by atoms with Crippen LogP contribution in [0.2, 0.25) is 0 Å². The lowest BCUT2D eigenvalue weighted by atomic mass is 10.0. The van der Waals surface area contributed by atoms with Crippen LogP contribution in [0.15, 0.2) is 36.7 Å². The fourth-order valence-corrected chi connectivity index (χ4v) is 4.21. The molecule has 1 saturated heterocycles. The van der Waals surface area contributed by atoms with Gasteiger partial charge in [0.1, 0.15) is 17.2 Å². The Bertz CT molecular complexity index is 1090. The van der Waals surface area contributed by atoms with E-state index in [1.165, 1.54) is 0 Å². The molecule has 2 atom stereocenters. The first-order chi connectivity index (χ1) is 14.9. The molecule has 2 N–H and O–H groups in total. The van der Waals surface area contributed by atoms with Crippen LogP contribution in [0.4, 0.5) is 19.0 Å². The Hall–Kier alpha value is -2.81. The molecule has 1 saturated carbocycles. The minimum absolute atomic E-state index is 0.0831. The van der Waals surface area contributed by atoms with Gasteiger partial charge in [-0.3, -0.25) is 4.40 Å². The summed E-state index contributed by atoms with van der Waals surface area (Å²) in [5.41, 5.74) is 3.35. The van der Waals surface area contributed by atoms with Crippen molar-refractivity contribution in [1.29, 1.82) is 0 Å². The molecule has 0 amide bonds. The maximum Gasteiger partial charge on any atom is 0.395 e. The van der Waals surface area contributed by atoms with Gasteiger partial charge >= 0.3 is 6.18 Å². The van der Waals surface area contributed by atoms with Crippen molar-refractivity contribution in [2.75, 3.05) is 25.0 Å². The molecule has 31 heavy (non-hydrogen) atoms. The molecule has 3 aromatic heterocycles. The Balaban J connectivity index is 1.46. The number of rotatable bonds is 6. The zero-order valence-corrected chi connectivity index (χ0v) is 17.1. The van der Waals surface area contributed by atoms with Crippen molar-refractivity contribution >= 4 is 11.5 Å². The highest BCUT2D eigenvalue weighted by molar-refractivity contribution is 5.64. The van der Waals surface area contributed by atoms with Crippen LogP contribution in [0.1, 0.15) is 31.2 Å². The molecule has 4 heterocycles. The normalized spacial score (nSPS) is 21.5. The Labute approximate surface area is 177 Å². The second-order valence-electron chi connectivity index (χ2n) is 8.14. The predicted molar refractivity (Wildman–Crippen MR) is 111 cm³/mol. The van der Waals surface area contributed by atoms with Crippen molar-refractivity contribution in [2.45, 2.75) is 37.9 Å². The number of hydrogen-bond donors (Lipinski definition) is 2. The third-order valence-corrected chi connectivity index (χ3v) is 5.93. The van der Waals surface area contributed by atoms with Gasteiger partial charge in [-0.25, -0.2) is 9.97 Å². The van der Waals surface area contributed by atoms with Crippen LogP contribution in [0.3, 0.4) is 0 Å². The van der Waals surface area contributed by atoms with E-state index in [4.69, 9.17) is 4.74 Å². The molecular formula is C22H24F3N5O. The zero-order chi connectivity index (χ0) is 21.6. The topological polar surface area (TPSA) is 63.5 Å². The average Bonchev–Trinajstić information content (AvgIpc) is 3.32. The van der Waals surface area contributed by atoms with Crippen LogP contribution in [0.5, 0.6) is 5.75 Å². The Morgan fingerprint density at radius 1 is 1.26 bits per heavy atom. The molecule has 1 aliphatic carbocycles. The van der Waals surface area contributed by atoms with E-state index in [-0.39, 0.29) is 13.1 Å². The molecule has 164 valence electrons. The van der Waals surface area contributed by atoms with Gasteiger partial charge in [-0.05, 0) is 37.8 Å². The number of pyridine rings is 2. The number of nitrogens with one attached hydrogen (secondary N) is 2. The maximum absolute atomic E-state index is 13.3. The highest BCUT2D eigenvalue weighted by Crippen LogP contribution is 2.45. The van der Waals surface area contributed by atoms with Gasteiger partial charge in [-0.15, -0.1) is 0 Å². The fourth-order valence-electron chi connectivity index (χ4n) is 4.21. The SMILES string of the molecule is CCOc1cc2ncc(-c3cccc(N[C@H]4CNC[C@@H]4C(F)(F)F)n3)n2cc1C1CC1. The molecule has 9 heteroatoms. The van der Waals surface area contributed by atoms with E-state index in [9.17, 15) is 13.2 Å². The first-order valence-electron chi connectivity index (χ1n) is 10.6. The van der Waals surface area contributed by atoms with Crippen molar-refractivity contribution in [3.05, 3.63) is 42.2 Å². The van der Waals surface area contributed by atoms with Crippen molar-refractivity contribution in [1.82, 2.24) is 19.7 Å². The molecule has 6 nitrogen and oxygen atoms in total. The number of nitrogens with zero attached hydrogens (tertiary/aromatic N) is 3. The number of halogens is 3. The monoisotopic (exact) mass is 431 g/mol. The van der Waals surface area contributed by atoms with Crippen LogP contribution in [0.25, 0.3) is 17.0 Å². The van der Waals surface area contributed by atoms with Gasteiger partial charge in [0.15, 0.2) is 0 Å². The van der Waals surface area contributed by atoms with Gasteiger partial charge in [0.25, 0.3) is 0 Å². The Kier molecular flexibility index (Phi) is 5.00. The predicted octanol–water partition coefficient (Wildman–Crippen LogP) is 4.23. The van der Waals surface area contributed by atoms with E-state index in [2.05, 4.69) is 26.8 Å². The summed E-state index contributed by atoms with van der Waals surface area (Å²) >= 11 is 0. The number of hydrogen-bond acceptors (Lipinski definition) is 5. The van der Waals surface area contributed by atoms with Crippen molar-refractivity contribution in [3.63, 3.8) is 0 Å². The van der Waals surface area contributed by atoms with Gasteiger partial charge in [-0.1, -0.05) is 6.07 Å². The van der Waals surface area contributed by atoms with Crippen LogP contribution in [0, 0.1) is 5.92 Å². The van der Waals surface area contributed by atoms with Gasteiger partial charge < -0.3 is 15.4 Å². The summed E-state index contributed by atoms with van der Waals surface area (Å²) in [5, 5.41) is 5.79. The molecule has 0 unspecified atom stereocenters. The standard InChI is InChI=1S/C22H24F3N5O/c1-2-31-19-8-21-27-11-18(30(21)12-14(19)13-6-7-13)16-4-3-5-20(28-16)29-17-10-26-9-15(17)22(23,24)25/h3-5,8,11-13,15,17,26H,2,6-7,9-10H2,1H3,(H,28,29)/t15-,17-/m0/s1. The summed E-state index contributed by atoms with van der Waals surface area (Å²) in [6.07, 6.45) is 1.83. The highest BCUT2D eigenvalue weighted by atomic mass is 19.4. The lowest BCUT2D eigenvalue weighted by Gasteiger charge is -2.22. The van der Waals surface area contributed by atoms with Crippen LogP contribution >= 0.6 is 0 Å². The van der Waals surface area contributed by atoms with Gasteiger partial charge in [0.2, 0.25) is 0 Å². The third kappa shape index (κ3) is 3.94. The second kappa shape index (κ2) is 7.71. The molecule has 0 aromatic carbocycles. The van der Waals surface area contributed by atoms with Crippen LogP contribution < -0.4 is 15.4 Å². The van der Waals surface area contributed by atoms with Crippen LogP contribution in [-0.2, 0) is 0 Å². The molecule has 2 fully saturated rings. The minimum atomic E-state index is -4.25. The number of ether oxygens (including phenoxy) is 1. The van der Waals surface area contributed by atoms with Crippen molar-refractivity contribution < 1.29 is 17.9 Å². The Morgan fingerprint density at radius 3 is 2.84 bits per heavy atom. The first kappa shape index (κ1) is 20.1. The summed E-state index contributed by atoms with van der Waals surface area (Å²) in [6.45, 7) is 2.72. The van der Waals surface area contributed by atoms with E-state index in [0.717, 1.165) is 35.5 Å². The largest absolute Gasteiger partial charge is 0.493 e. The summed E-state index contributed by atoms with van der Waals surface area (Å²) in [4.78, 5) is 9.10. The smallest absolute Gasteiger partial charge is 0.395 e. The van der Waals surface area contributed by atoms with Crippen molar-refractivity contribution in [2.24, 2.45) is 5.92 Å². The van der Waals surface area contributed by atoms with E-state index in [1.54, 1.807) is 18.3 Å². The Morgan fingerprint density at radius 2 is 2.10 bits per heavy atom. The lowest BCUT2D eigenvalue weighted by molar-refractivity contribution is -0.170. The maximum atomic E-state index is 13.3. The fraction of sp³-hybridized carbons (Fsp3) is 0.455. The van der Waals surface area contributed by atoms with Gasteiger partial charge in [0.05, 0.1) is 36.2 Å². The summed E-state index contributed by atoms with van der Waals surface area (Å²) in [5.74, 6) is 0.344. The molecular weight excluding hydrogens is 407 g/mol. The second-order valence-corrected chi connectivity index (χ2v) is 8.14. The summed E-state index contributed by atoms with van der Waals surface area (Å²) in [6, 6.07) is 6.53. The highest BCUT2D eigenvalue weighted by Gasteiger charge is 2.47. The van der Waals surface area contributed by atoms with Gasteiger partial charge in [-0.2, -0.15) is 13.2 Å². The molecule has 0 spiro atoms. The van der Waals surface area contributed by atoms with E-state index >= 15 is 0 Å². The van der Waals surface area contributed by atoms with E-state index in [0.29, 0.717) is 24.0 Å². The molecule has 2 aliphatic rings. The summed E-state index contributed by atoms with van der Waals surface area (Å²) in [7, 11) is 0. The third-order valence-electron chi connectivity index (χ3n) is 5.93.